The average molecular weight is 235 g/mol. The highest BCUT2D eigenvalue weighted by atomic mass is 19.1. The first-order chi connectivity index (χ1) is 8.19. The molecule has 0 fully saturated rings. The molecule has 0 aliphatic heterocycles. The highest BCUT2D eigenvalue weighted by molar-refractivity contribution is 5.29. The third kappa shape index (κ3) is 2.82. The van der Waals surface area contributed by atoms with Gasteiger partial charge in [0.25, 0.3) is 0 Å². The van der Waals surface area contributed by atoms with E-state index in [1.165, 1.54) is 12.1 Å². The Bertz CT molecular complexity index is 510. The normalized spacial score (nSPS) is 10.5. The molecule has 0 atom stereocenters. The summed E-state index contributed by atoms with van der Waals surface area (Å²) in [4.78, 5) is 3.97. The Balaban J connectivity index is 2.09. The molecule has 0 unspecified atom stereocenters. The number of nitrogens with two attached hydrogens (primary N) is 1. The van der Waals surface area contributed by atoms with Gasteiger partial charge in [-0.3, -0.25) is 0 Å². The fourth-order valence-electron chi connectivity index (χ4n) is 1.50. The summed E-state index contributed by atoms with van der Waals surface area (Å²) in [5.74, 6) is 0.139. The molecule has 17 heavy (non-hydrogen) atoms. The summed E-state index contributed by atoms with van der Waals surface area (Å²) < 4.78 is 20.6. The zero-order valence-corrected chi connectivity index (χ0v) is 9.56. The van der Waals surface area contributed by atoms with Crippen LogP contribution >= 0.6 is 0 Å². The van der Waals surface area contributed by atoms with Gasteiger partial charge in [-0.2, -0.15) is 0 Å². The van der Waals surface area contributed by atoms with Crippen molar-refractivity contribution in [2.45, 2.75) is 13.2 Å². The monoisotopic (exact) mass is 235 g/mol. The number of hydrogen-bond acceptors (Lipinski definition) is 3. The van der Waals surface area contributed by atoms with E-state index in [1.807, 2.05) is 11.6 Å². The van der Waals surface area contributed by atoms with Gasteiger partial charge in [0, 0.05) is 19.7 Å². The summed E-state index contributed by atoms with van der Waals surface area (Å²) >= 11 is 0. The second kappa shape index (κ2) is 4.97. The number of nitrogens with zero attached hydrogens (tertiary/aromatic N) is 2. The lowest BCUT2D eigenvalue weighted by molar-refractivity contribution is 0.295. The second-order valence-electron chi connectivity index (χ2n) is 3.78. The van der Waals surface area contributed by atoms with Crippen molar-refractivity contribution in [2.24, 2.45) is 12.8 Å². The predicted octanol–water partition coefficient (Wildman–Crippen LogP) is 1.60. The van der Waals surface area contributed by atoms with E-state index in [9.17, 15) is 4.39 Å². The molecule has 1 aromatic heterocycles. The van der Waals surface area contributed by atoms with Crippen molar-refractivity contribution in [2.75, 3.05) is 0 Å². The first-order valence-electron chi connectivity index (χ1n) is 5.26. The number of rotatable bonds is 4. The van der Waals surface area contributed by atoms with Crippen molar-refractivity contribution in [1.29, 1.82) is 0 Å². The van der Waals surface area contributed by atoms with Crippen molar-refractivity contribution < 1.29 is 9.13 Å². The van der Waals surface area contributed by atoms with Gasteiger partial charge in [0.2, 0.25) is 0 Å². The van der Waals surface area contributed by atoms with Crippen molar-refractivity contribution in [3.8, 4) is 5.75 Å². The van der Waals surface area contributed by atoms with E-state index in [4.69, 9.17) is 10.5 Å². The van der Waals surface area contributed by atoms with Crippen LogP contribution in [-0.2, 0) is 20.2 Å². The molecule has 4 nitrogen and oxygen atoms in total. The van der Waals surface area contributed by atoms with E-state index in [0.29, 0.717) is 24.5 Å². The summed E-state index contributed by atoms with van der Waals surface area (Å²) in [6.45, 7) is 0.643. The SMILES string of the molecule is Cn1cncc1COc1cc(F)cc(CN)c1. The fraction of sp³-hybridized carbons (Fsp3) is 0.250. The van der Waals surface area contributed by atoms with Crippen LogP contribution in [0.2, 0.25) is 0 Å². The summed E-state index contributed by atoms with van der Waals surface area (Å²) in [5.41, 5.74) is 7.10. The molecular weight excluding hydrogens is 221 g/mol. The minimum Gasteiger partial charge on any atom is -0.487 e. The zero-order chi connectivity index (χ0) is 12.3. The molecule has 2 aromatic rings. The molecule has 0 aliphatic rings. The van der Waals surface area contributed by atoms with Gasteiger partial charge in [-0.15, -0.1) is 0 Å². The highest BCUT2D eigenvalue weighted by Gasteiger charge is 2.03. The van der Waals surface area contributed by atoms with Crippen molar-refractivity contribution in [1.82, 2.24) is 9.55 Å². The molecule has 2 rings (SSSR count). The zero-order valence-electron chi connectivity index (χ0n) is 9.56. The Morgan fingerprint density at radius 1 is 1.41 bits per heavy atom. The third-order valence-electron chi connectivity index (χ3n) is 2.47. The smallest absolute Gasteiger partial charge is 0.130 e. The first-order valence-corrected chi connectivity index (χ1v) is 5.26. The summed E-state index contributed by atoms with van der Waals surface area (Å²) in [6, 6.07) is 4.48. The van der Waals surface area contributed by atoms with Crippen LogP contribution in [0.15, 0.2) is 30.7 Å². The molecule has 0 radical (unpaired) electrons. The number of halogens is 1. The fourth-order valence-corrected chi connectivity index (χ4v) is 1.50. The molecular formula is C12H14FN3O. The maximum Gasteiger partial charge on any atom is 0.130 e. The van der Waals surface area contributed by atoms with Crippen LogP contribution in [0.5, 0.6) is 5.75 Å². The Morgan fingerprint density at radius 2 is 2.24 bits per heavy atom. The van der Waals surface area contributed by atoms with Gasteiger partial charge in [-0.25, -0.2) is 9.37 Å². The molecule has 0 saturated carbocycles. The maximum atomic E-state index is 13.2. The Kier molecular flexibility index (Phi) is 3.39. The minimum absolute atomic E-state index is 0.291. The topological polar surface area (TPSA) is 53.1 Å². The molecule has 0 amide bonds. The number of aromatic nitrogens is 2. The average Bonchev–Trinajstić information content (AvgIpc) is 2.71. The van der Waals surface area contributed by atoms with Crippen LogP contribution in [0.4, 0.5) is 4.39 Å². The first kappa shape index (κ1) is 11.6. The number of aryl methyl sites for hydroxylation is 1. The van der Waals surface area contributed by atoms with Gasteiger partial charge >= 0.3 is 0 Å². The van der Waals surface area contributed by atoms with Gasteiger partial charge in [0.05, 0.1) is 18.2 Å². The van der Waals surface area contributed by atoms with Crippen LogP contribution in [0, 0.1) is 5.82 Å². The number of hydrogen-bond donors (Lipinski definition) is 1. The largest absolute Gasteiger partial charge is 0.487 e. The number of ether oxygens (including phenoxy) is 1. The van der Waals surface area contributed by atoms with Gasteiger partial charge in [0.1, 0.15) is 18.2 Å². The molecule has 2 N–H and O–H groups in total. The molecule has 0 saturated heterocycles. The Morgan fingerprint density at radius 3 is 2.88 bits per heavy atom. The van der Waals surface area contributed by atoms with Crippen LogP contribution in [-0.4, -0.2) is 9.55 Å². The van der Waals surface area contributed by atoms with Gasteiger partial charge in [0.15, 0.2) is 0 Å². The van der Waals surface area contributed by atoms with E-state index in [0.717, 1.165) is 5.69 Å². The molecule has 1 heterocycles. The predicted molar refractivity (Wildman–Crippen MR) is 61.8 cm³/mol. The second-order valence-corrected chi connectivity index (χ2v) is 3.78. The van der Waals surface area contributed by atoms with E-state index in [2.05, 4.69) is 4.98 Å². The van der Waals surface area contributed by atoms with Crippen molar-refractivity contribution >= 4 is 0 Å². The maximum absolute atomic E-state index is 13.2. The summed E-state index contributed by atoms with van der Waals surface area (Å²) in [7, 11) is 1.88. The van der Waals surface area contributed by atoms with E-state index < -0.39 is 0 Å². The number of imidazole rings is 1. The molecule has 90 valence electrons. The highest BCUT2D eigenvalue weighted by Crippen LogP contribution is 2.17. The third-order valence-corrected chi connectivity index (χ3v) is 2.47. The van der Waals surface area contributed by atoms with Crippen LogP contribution in [0.3, 0.4) is 0 Å². The number of benzene rings is 1. The molecule has 0 aliphatic carbocycles. The lowest BCUT2D eigenvalue weighted by Crippen LogP contribution is -2.03. The standard InChI is InChI=1S/C12H14FN3O/c1-16-8-15-6-11(16)7-17-12-3-9(5-14)2-10(13)4-12/h2-4,6,8H,5,7,14H2,1H3. The Labute approximate surface area is 98.8 Å². The van der Waals surface area contributed by atoms with E-state index in [-0.39, 0.29) is 5.82 Å². The lowest BCUT2D eigenvalue weighted by Gasteiger charge is -2.08. The molecule has 0 bridgehead atoms. The van der Waals surface area contributed by atoms with Crippen LogP contribution in [0.1, 0.15) is 11.3 Å². The molecule has 5 heteroatoms. The van der Waals surface area contributed by atoms with Gasteiger partial charge in [-0.05, 0) is 17.7 Å². The molecule has 0 spiro atoms. The van der Waals surface area contributed by atoms with Crippen molar-refractivity contribution in [3.05, 3.63) is 47.8 Å². The minimum atomic E-state index is -0.340. The quantitative estimate of drug-likeness (QED) is 0.875. The summed E-state index contributed by atoms with van der Waals surface area (Å²) in [6.07, 6.45) is 3.40. The van der Waals surface area contributed by atoms with Gasteiger partial charge in [-0.1, -0.05) is 0 Å². The van der Waals surface area contributed by atoms with Crippen LogP contribution < -0.4 is 10.5 Å². The summed E-state index contributed by atoms with van der Waals surface area (Å²) in [5, 5.41) is 0. The molecule has 1 aromatic carbocycles. The van der Waals surface area contributed by atoms with E-state index >= 15 is 0 Å². The van der Waals surface area contributed by atoms with Crippen LogP contribution in [0.25, 0.3) is 0 Å². The van der Waals surface area contributed by atoms with Gasteiger partial charge < -0.3 is 15.0 Å². The van der Waals surface area contributed by atoms with Crippen molar-refractivity contribution in [3.63, 3.8) is 0 Å². The lowest BCUT2D eigenvalue weighted by atomic mass is 10.2. The van der Waals surface area contributed by atoms with E-state index in [1.54, 1.807) is 18.6 Å². The Hall–Kier alpha value is -1.88.